The number of nitrogens with zero attached hydrogens (tertiary/aromatic N) is 4. The molecule has 1 aromatic rings. The molecule has 1 aromatic heterocycles. The van der Waals surface area contributed by atoms with Crippen molar-refractivity contribution in [1.82, 2.24) is 14.8 Å². The zero-order valence-corrected chi connectivity index (χ0v) is 11.3. The summed E-state index contributed by atoms with van der Waals surface area (Å²) in [4.78, 5) is 30.1. The lowest BCUT2D eigenvalue weighted by Gasteiger charge is -2.34. The Labute approximate surface area is 116 Å². The van der Waals surface area contributed by atoms with Gasteiger partial charge in [0, 0.05) is 32.2 Å². The summed E-state index contributed by atoms with van der Waals surface area (Å²) in [5, 5.41) is 10.7. The Morgan fingerprint density at radius 2 is 2.10 bits per heavy atom. The molecule has 8 heteroatoms. The number of nitrogens with two attached hydrogens (primary N) is 1. The van der Waals surface area contributed by atoms with Crippen LogP contribution in [-0.4, -0.2) is 58.3 Å². The van der Waals surface area contributed by atoms with Crippen LogP contribution in [0.15, 0.2) is 12.3 Å². The fourth-order valence-electron chi connectivity index (χ4n) is 2.17. The van der Waals surface area contributed by atoms with Crippen LogP contribution >= 0.6 is 0 Å². The van der Waals surface area contributed by atoms with Crippen LogP contribution in [0.5, 0.6) is 0 Å². The summed E-state index contributed by atoms with van der Waals surface area (Å²) in [7, 11) is 0. The van der Waals surface area contributed by atoms with E-state index in [-0.39, 0.29) is 23.0 Å². The molecule has 1 saturated heterocycles. The average Bonchev–Trinajstić information content (AvgIpc) is 2.47. The maximum atomic E-state index is 12.4. The van der Waals surface area contributed by atoms with Crippen molar-refractivity contribution in [3.8, 4) is 0 Å². The maximum Gasteiger partial charge on any atom is 0.288 e. The van der Waals surface area contributed by atoms with Gasteiger partial charge in [-0.05, 0) is 6.54 Å². The first-order valence-electron chi connectivity index (χ1n) is 6.44. The van der Waals surface area contributed by atoms with Gasteiger partial charge in [-0.2, -0.15) is 0 Å². The standard InChI is InChI=1S/C12H17N5O3/c1-2-15-3-5-16(6-4-15)12(18)10-7-9(17(19)20)8-14-11(10)13/h7-8H,2-6H2,1H3,(H2,13,14). The Morgan fingerprint density at radius 3 is 2.65 bits per heavy atom. The first kappa shape index (κ1) is 14.2. The molecular formula is C12H17N5O3. The van der Waals surface area contributed by atoms with Crippen molar-refractivity contribution in [3.05, 3.63) is 27.9 Å². The topological polar surface area (TPSA) is 106 Å². The number of anilines is 1. The normalized spacial score (nSPS) is 16.1. The summed E-state index contributed by atoms with van der Waals surface area (Å²) >= 11 is 0. The summed E-state index contributed by atoms with van der Waals surface area (Å²) in [6.45, 7) is 5.79. The second kappa shape index (κ2) is 5.83. The first-order chi connectivity index (χ1) is 9.52. The van der Waals surface area contributed by atoms with Gasteiger partial charge in [-0.25, -0.2) is 4.98 Å². The van der Waals surface area contributed by atoms with Crippen molar-refractivity contribution in [2.24, 2.45) is 0 Å². The summed E-state index contributed by atoms with van der Waals surface area (Å²) < 4.78 is 0. The molecule has 0 unspecified atom stereocenters. The number of hydrogen-bond acceptors (Lipinski definition) is 6. The SMILES string of the molecule is CCN1CCN(C(=O)c2cc([N+](=O)[O-])cnc2N)CC1. The van der Waals surface area contributed by atoms with E-state index >= 15 is 0 Å². The van der Waals surface area contributed by atoms with Gasteiger partial charge in [-0.1, -0.05) is 6.92 Å². The zero-order chi connectivity index (χ0) is 14.7. The van der Waals surface area contributed by atoms with Crippen molar-refractivity contribution in [3.63, 3.8) is 0 Å². The minimum absolute atomic E-state index is 0.0264. The van der Waals surface area contributed by atoms with Crippen LogP contribution in [0.3, 0.4) is 0 Å². The van der Waals surface area contributed by atoms with E-state index in [0.29, 0.717) is 13.1 Å². The second-order valence-corrected chi connectivity index (χ2v) is 4.61. The molecule has 2 heterocycles. The van der Waals surface area contributed by atoms with Crippen LogP contribution < -0.4 is 5.73 Å². The predicted molar refractivity (Wildman–Crippen MR) is 73.3 cm³/mol. The van der Waals surface area contributed by atoms with Crippen LogP contribution in [-0.2, 0) is 0 Å². The van der Waals surface area contributed by atoms with Crippen LogP contribution in [0.1, 0.15) is 17.3 Å². The van der Waals surface area contributed by atoms with E-state index in [2.05, 4.69) is 16.8 Å². The molecule has 2 rings (SSSR count). The minimum atomic E-state index is -0.585. The van der Waals surface area contributed by atoms with E-state index in [1.54, 1.807) is 4.90 Å². The highest BCUT2D eigenvalue weighted by Gasteiger charge is 2.24. The summed E-state index contributed by atoms with van der Waals surface area (Å²) in [5.41, 5.74) is 5.53. The Bertz CT molecular complexity index is 526. The van der Waals surface area contributed by atoms with E-state index in [1.807, 2.05) is 0 Å². The Hall–Kier alpha value is -2.22. The molecule has 0 spiro atoms. The third-order valence-corrected chi connectivity index (χ3v) is 3.45. The summed E-state index contributed by atoms with van der Waals surface area (Å²) in [5.74, 6) is -0.270. The quantitative estimate of drug-likeness (QED) is 0.632. The third kappa shape index (κ3) is 2.85. The van der Waals surface area contributed by atoms with Crippen molar-refractivity contribution in [2.45, 2.75) is 6.92 Å². The number of amides is 1. The molecule has 0 aromatic carbocycles. The van der Waals surface area contributed by atoms with E-state index in [1.165, 1.54) is 6.07 Å². The molecule has 0 aliphatic carbocycles. The third-order valence-electron chi connectivity index (χ3n) is 3.45. The number of hydrogen-bond donors (Lipinski definition) is 1. The molecule has 0 radical (unpaired) electrons. The van der Waals surface area contributed by atoms with Gasteiger partial charge in [0.1, 0.15) is 12.0 Å². The fourth-order valence-corrected chi connectivity index (χ4v) is 2.17. The lowest BCUT2D eigenvalue weighted by molar-refractivity contribution is -0.385. The molecule has 0 bridgehead atoms. The van der Waals surface area contributed by atoms with Gasteiger partial charge in [0.2, 0.25) is 0 Å². The Morgan fingerprint density at radius 1 is 1.45 bits per heavy atom. The fraction of sp³-hybridized carbons (Fsp3) is 0.500. The van der Waals surface area contributed by atoms with Crippen molar-refractivity contribution in [1.29, 1.82) is 0 Å². The Balaban J connectivity index is 2.17. The number of aromatic nitrogens is 1. The molecule has 1 amide bonds. The first-order valence-corrected chi connectivity index (χ1v) is 6.44. The molecule has 2 N–H and O–H groups in total. The molecule has 108 valence electrons. The monoisotopic (exact) mass is 279 g/mol. The van der Waals surface area contributed by atoms with Gasteiger partial charge in [-0.3, -0.25) is 14.9 Å². The average molecular weight is 279 g/mol. The lowest BCUT2D eigenvalue weighted by atomic mass is 10.2. The highest BCUT2D eigenvalue weighted by Crippen LogP contribution is 2.19. The van der Waals surface area contributed by atoms with Crippen LogP contribution in [0.2, 0.25) is 0 Å². The zero-order valence-electron chi connectivity index (χ0n) is 11.3. The van der Waals surface area contributed by atoms with Gasteiger partial charge < -0.3 is 15.5 Å². The van der Waals surface area contributed by atoms with Crippen LogP contribution in [0.25, 0.3) is 0 Å². The lowest BCUT2D eigenvalue weighted by Crippen LogP contribution is -2.48. The summed E-state index contributed by atoms with van der Waals surface area (Å²) in [6.07, 6.45) is 1.06. The van der Waals surface area contributed by atoms with Gasteiger partial charge in [0.15, 0.2) is 0 Å². The molecule has 1 aliphatic rings. The number of pyridine rings is 1. The van der Waals surface area contributed by atoms with Gasteiger partial charge in [0.05, 0.1) is 10.5 Å². The molecule has 1 aliphatic heterocycles. The number of likely N-dealkylation sites (N-methyl/N-ethyl adjacent to an activating group) is 1. The van der Waals surface area contributed by atoms with Crippen LogP contribution in [0.4, 0.5) is 11.5 Å². The van der Waals surface area contributed by atoms with Gasteiger partial charge in [-0.15, -0.1) is 0 Å². The van der Waals surface area contributed by atoms with Gasteiger partial charge >= 0.3 is 0 Å². The van der Waals surface area contributed by atoms with Crippen molar-refractivity contribution in [2.75, 3.05) is 38.5 Å². The van der Waals surface area contributed by atoms with Crippen LogP contribution in [0, 0.1) is 10.1 Å². The van der Waals surface area contributed by atoms with Gasteiger partial charge in [0.25, 0.3) is 11.6 Å². The number of nitro groups is 1. The highest BCUT2D eigenvalue weighted by molar-refractivity contribution is 5.98. The van der Waals surface area contributed by atoms with E-state index < -0.39 is 4.92 Å². The Kier molecular flexibility index (Phi) is 4.14. The van der Waals surface area contributed by atoms with Crippen molar-refractivity contribution >= 4 is 17.4 Å². The van der Waals surface area contributed by atoms with E-state index in [0.717, 1.165) is 25.8 Å². The number of rotatable bonds is 3. The molecule has 0 atom stereocenters. The molecule has 20 heavy (non-hydrogen) atoms. The second-order valence-electron chi connectivity index (χ2n) is 4.61. The van der Waals surface area contributed by atoms with E-state index in [4.69, 9.17) is 5.73 Å². The number of carbonyl (C=O) groups is 1. The molecule has 8 nitrogen and oxygen atoms in total. The smallest absolute Gasteiger partial charge is 0.288 e. The minimum Gasteiger partial charge on any atom is -0.383 e. The molecule has 1 fully saturated rings. The number of nitrogen functional groups attached to an aromatic ring is 1. The molecule has 0 saturated carbocycles. The number of piperazine rings is 1. The summed E-state index contributed by atoms with van der Waals surface area (Å²) in [6, 6.07) is 1.19. The largest absolute Gasteiger partial charge is 0.383 e. The number of carbonyl (C=O) groups excluding carboxylic acids is 1. The highest BCUT2D eigenvalue weighted by atomic mass is 16.6. The maximum absolute atomic E-state index is 12.4. The van der Waals surface area contributed by atoms with E-state index in [9.17, 15) is 14.9 Å². The predicted octanol–water partition coefficient (Wildman–Crippen LogP) is 0.350. The van der Waals surface area contributed by atoms with Crippen molar-refractivity contribution < 1.29 is 9.72 Å². The molecular weight excluding hydrogens is 262 g/mol.